The molecule has 1 aliphatic heterocycles. The second-order valence-electron chi connectivity index (χ2n) is 2.72. The van der Waals surface area contributed by atoms with Gasteiger partial charge in [0.2, 0.25) is 0 Å². The van der Waals surface area contributed by atoms with Crippen molar-refractivity contribution in [1.82, 2.24) is 5.06 Å². The van der Waals surface area contributed by atoms with E-state index in [9.17, 15) is 0 Å². The maximum absolute atomic E-state index is 5.72. The van der Waals surface area contributed by atoms with E-state index in [1.165, 1.54) is 0 Å². The minimum absolute atomic E-state index is 0.670. The maximum atomic E-state index is 5.72. The lowest BCUT2D eigenvalue weighted by molar-refractivity contribution is 0.0198. The van der Waals surface area contributed by atoms with Crippen LogP contribution in [0.15, 0.2) is 24.4 Å². The summed E-state index contributed by atoms with van der Waals surface area (Å²) in [4.78, 5) is 5.38. The first-order valence-electron chi connectivity index (χ1n) is 3.75. The van der Waals surface area contributed by atoms with E-state index in [-0.39, 0.29) is 0 Å². The normalized spacial score (nSPS) is 13.9. The third-order valence-electron chi connectivity index (χ3n) is 1.78. The Labute approximate surface area is 71.0 Å². The summed E-state index contributed by atoms with van der Waals surface area (Å²) in [5.74, 6) is 0.738. The van der Waals surface area contributed by atoms with Crippen molar-refractivity contribution in [1.29, 1.82) is 0 Å². The molecular formula is C9H10N2O. The van der Waals surface area contributed by atoms with Crippen LogP contribution in [0.25, 0.3) is 6.08 Å². The van der Waals surface area contributed by atoms with Crippen LogP contribution in [0.2, 0.25) is 0 Å². The summed E-state index contributed by atoms with van der Waals surface area (Å²) in [6.45, 7) is 0. The lowest BCUT2D eigenvalue weighted by Crippen LogP contribution is -2.19. The Balaban J connectivity index is 2.53. The highest BCUT2D eigenvalue weighted by Crippen LogP contribution is 2.30. The zero-order valence-corrected chi connectivity index (χ0v) is 6.82. The van der Waals surface area contributed by atoms with Crippen molar-refractivity contribution in [2.45, 2.75) is 0 Å². The molecule has 0 aromatic heterocycles. The number of fused-ring (bicyclic) bond motifs is 1. The standard InChI is InChI=1S/C9H10N2O/c1-11-6-5-7-3-2-4-8(10)9(7)12-11/h2-6H,10H2,1H3. The van der Waals surface area contributed by atoms with E-state index in [2.05, 4.69) is 0 Å². The van der Waals surface area contributed by atoms with Gasteiger partial charge in [-0.3, -0.25) is 0 Å². The van der Waals surface area contributed by atoms with Crippen LogP contribution in [-0.2, 0) is 0 Å². The zero-order valence-electron chi connectivity index (χ0n) is 6.82. The Morgan fingerprint density at radius 1 is 1.42 bits per heavy atom. The molecule has 1 aliphatic rings. The van der Waals surface area contributed by atoms with Crippen molar-refractivity contribution >= 4 is 11.8 Å². The van der Waals surface area contributed by atoms with E-state index < -0.39 is 0 Å². The van der Waals surface area contributed by atoms with Crippen molar-refractivity contribution in [3.05, 3.63) is 30.0 Å². The molecule has 12 heavy (non-hydrogen) atoms. The van der Waals surface area contributed by atoms with Crippen molar-refractivity contribution in [2.24, 2.45) is 0 Å². The van der Waals surface area contributed by atoms with Gasteiger partial charge in [-0.15, -0.1) is 0 Å². The molecule has 0 spiro atoms. The van der Waals surface area contributed by atoms with Gasteiger partial charge in [0.1, 0.15) is 0 Å². The second kappa shape index (κ2) is 2.44. The molecule has 3 nitrogen and oxygen atoms in total. The number of para-hydroxylation sites is 1. The molecule has 0 amide bonds. The average Bonchev–Trinajstić information content (AvgIpc) is 2.07. The molecule has 0 fully saturated rings. The number of rotatable bonds is 0. The molecule has 2 rings (SSSR count). The molecule has 2 N–H and O–H groups in total. The third-order valence-corrected chi connectivity index (χ3v) is 1.78. The van der Waals surface area contributed by atoms with Gasteiger partial charge in [-0.2, -0.15) is 0 Å². The molecule has 0 saturated heterocycles. The van der Waals surface area contributed by atoms with Crippen molar-refractivity contribution in [3.8, 4) is 5.75 Å². The molecule has 1 heterocycles. The zero-order chi connectivity index (χ0) is 8.55. The topological polar surface area (TPSA) is 38.5 Å². The summed E-state index contributed by atoms with van der Waals surface area (Å²) >= 11 is 0. The van der Waals surface area contributed by atoms with Gasteiger partial charge in [0.25, 0.3) is 0 Å². The highest BCUT2D eigenvalue weighted by atomic mass is 16.7. The van der Waals surface area contributed by atoms with Crippen LogP contribution in [0, 0.1) is 0 Å². The highest BCUT2D eigenvalue weighted by Gasteiger charge is 2.10. The van der Waals surface area contributed by atoms with E-state index in [1.807, 2.05) is 37.5 Å². The third kappa shape index (κ3) is 0.993. The first-order chi connectivity index (χ1) is 5.77. The summed E-state index contributed by atoms with van der Waals surface area (Å²) < 4.78 is 0. The molecule has 0 radical (unpaired) electrons. The van der Waals surface area contributed by atoms with Gasteiger partial charge in [-0.25, -0.2) is 5.06 Å². The van der Waals surface area contributed by atoms with E-state index in [0.717, 1.165) is 11.3 Å². The van der Waals surface area contributed by atoms with Crippen molar-refractivity contribution in [2.75, 3.05) is 12.8 Å². The Morgan fingerprint density at radius 2 is 2.25 bits per heavy atom. The Bertz CT molecular complexity index is 333. The molecule has 0 bridgehead atoms. The first-order valence-corrected chi connectivity index (χ1v) is 3.75. The molecule has 0 saturated carbocycles. The van der Waals surface area contributed by atoms with Gasteiger partial charge >= 0.3 is 0 Å². The molecule has 1 aromatic rings. The Hall–Kier alpha value is -1.64. The van der Waals surface area contributed by atoms with E-state index >= 15 is 0 Å². The van der Waals surface area contributed by atoms with Gasteiger partial charge in [-0.1, -0.05) is 12.1 Å². The number of nitrogens with zero attached hydrogens (tertiary/aromatic N) is 1. The fourth-order valence-electron chi connectivity index (χ4n) is 1.17. The lowest BCUT2D eigenvalue weighted by Gasteiger charge is -2.21. The van der Waals surface area contributed by atoms with E-state index in [4.69, 9.17) is 10.6 Å². The Kier molecular flexibility index (Phi) is 1.43. The smallest absolute Gasteiger partial charge is 0.185 e. The summed E-state index contributed by atoms with van der Waals surface area (Å²) in [5.41, 5.74) is 7.41. The number of benzene rings is 1. The predicted molar refractivity (Wildman–Crippen MR) is 48.3 cm³/mol. The van der Waals surface area contributed by atoms with E-state index in [0.29, 0.717) is 5.69 Å². The lowest BCUT2D eigenvalue weighted by atomic mass is 10.1. The largest absolute Gasteiger partial charge is 0.396 e. The van der Waals surface area contributed by atoms with Gasteiger partial charge < -0.3 is 10.6 Å². The minimum Gasteiger partial charge on any atom is -0.396 e. The monoisotopic (exact) mass is 162 g/mol. The van der Waals surface area contributed by atoms with Crippen LogP contribution in [0.1, 0.15) is 5.56 Å². The number of hydrogen-bond acceptors (Lipinski definition) is 3. The number of nitrogen functional groups attached to an aromatic ring is 1. The quantitative estimate of drug-likeness (QED) is 0.587. The van der Waals surface area contributed by atoms with Crippen LogP contribution >= 0.6 is 0 Å². The van der Waals surface area contributed by atoms with Gasteiger partial charge in [0.15, 0.2) is 5.75 Å². The first kappa shape index (κ1) is 7.03. The SMILES string of the molecule is CN1C=Cc2cccc(N)c2O1. The van der Waals surface area contributed by atoms with Gasteiger partial charge in [-0.05, 0) is 12.1 Å². The average molecular weight is 162 g/mol. The molecule has 62 valence electrons. The van der Waals surface area contributed by atoms with Crippen LogP contribution < -0.4 is 10.6 Å². The van der Waals surface area contributed by atoms with E-state index in [1.54, 1.807) is 5.06 Å². The fourth-order valence-corrected chi connectivity index (χ4v) is 1.17. The molecule has 3 heteroatoms. The summed E-state index contributed by atoms with van der Waals surface area (Å²) in [6, 6.07) is 5.70. The predicted octanol–water partition coefficient (Wildman–Crippen LogP) is 1.48. The molecule has 0 aliphatic carbocycles. The highest BCUT2D eigenvalue weighted by molar-refractivity contribution is 5.68. The minimum atomic E-state index is 0.670. The van der Waals surface area contributed by atoms with Gasteiger partial charge in [0, 0.05) is 18.8 Å². The second-order valence-corrected chi connectivity index (χ2v) is 2.72. The van der Waals surface area contributed by atoms with Crippen LogP contribution in [-0.4, -0.2) is 12.1 Å². The summed E-state index contributed by atoms with van der Waals surface area (Å²) in [7, 11) is 1.83. The van der Waals surface area contributed by atoms with Crippen LogP contribution in [0.3, 0.4) is 0 Å². The maximum Gasteiger partial charge on any atom is 0.185 e. The molecule has 0 atom stereocenters. The number of hydrogen-bond donors (Lipinski definition) is 1. The number of anilines is 1. The van der Waals surface area contributed by atoms with Crippen molar-refractivity contribution in [3.63, 3.8) is 0 Å². The van der Waals surface area contributed by atoms with Crippen molar-refractivity contribution < 1.29 is 4.84 Å². The molecule has 0 unspecified atom stereocenters. The Morgan fingerprint density at radius 3 is 3.08 bits per heavy atom. The summed E-state index contributed by atoms with van der Waals surface area (Å²) in [6.07, 6.45) is 3.82. The van der Waals surface area contributed by atoms with Gasteiger partial charge in [0.05, 0.1) is 5.69 Å². The molecular weight excluding hydrogens is 152 g/mol. The molecule has 1 aromatic carbocycles. The number of nitrogens with two attached hydrogens (primary N) is 1. The number of hydroxylamine groups is 2. The van der Waals surface area contributed by atoms with Crippen LogP contribution in [0.5, 0.6) is 5.75 Å². The fraction of sp³-hybridized carbons (Fsp3) is 0.111. The van der Waals surface area contributed by atoms with Crippen LogP contribution in [0.4, 0.5) is 5.69 Å². The summed E-state index contributed by atoms with van der Waals surface area (Å²) in [5, 5.41) is 1.62.